The van der Waals surface area contributed by atoms with Gasteiger partial charge in [0.15, 0.2) is 11.5 Å². The van der Waals surface area contributed by atoms with Crippen LogP contribution in [0.3, 0.4) is 0 Å². The zero-order chi connectivity index (χ0) is 20.6. The highest BCUT2D eigenvalue weighted by Crippen LogP contribution is 2.38. The van der Waals surface area contributed by atoms with Crippen LogP contribution in [0.1, 0.15) is 46.8 Å². The minimum absolute atomic E-state index is 0.0576. The average Bonchev–Trinajstić information content (AvgIpc) is 3.05. The third-order valence-electron chi connectivity index (χ3n) is 5.44. The number of fused-ring (bicyclic) bond motifs is 1. The molecule has 1 atom stereocenters. The van der Waals surface area contributed by atoms with Crippen molar-refractivity contribution in [3.63, 3.8) is 0 Å². The molecule has 4 rings (SSSR count). The molecule has 1 saturated heterocycles. The van der Waals surface area contributed by atoms with Gasteiger partial charge >= 0.3 is 0 Å². The summed E-state index contributed by atoms with van der Waals surface area (Å²) in [4.78, 5) is 15.1. The summed E-state index contributed by atoms with van der Waals surface area (Å²) in [5, 5.41) is 5.25. The third kappa shape index (κ3) is 3.95. The molecule has 1 amide bonds. The highest BCUT2D eigenvalue weighted by Gasteiger charge is 2.32. The van der Waals surface area contributed by atoms with E-state index in [1.807, 2.05) is 18.2 Å². The molecule has 2 aromatic carbocycles. The Morgan fingerprint density at radius 1 is 1.07 bits per heavy atom. The van der Waals surface area contributed by atoms with Gasteiger partial charge in [0.1, 0.15) is 0 Å². The molecule has 0 unspecified atom stereocenters. The normalized spacial score (nSPS) is 19.1. The van der Waals surface area contributed by atoms with Gasteiger partial charge in [-0.15, -0.1) is 0 Å². The zero-order valence-electron chi connectivity index (χ0n) is 16.3. The van der Waals surface area contributed by atoms with Crippen LogP contribution in [0.15, 0.2) is 41.3 Å². The number of hydrogen-bond donors (Lipinski definition) is 1. The summed E-state index contributed by atoms with van der Waals surface area (Å²) in [6.07, 6.45) is 2.54. The molecule has 1 fully saturated rings. The van der Waals surface area contributed by atoms with Crippen LogP contribution in [0.25, 0.3) is 0 Å². The first-order valence-electron chi connectivity index (χ1n) is 9.68. The van der Waals surface area contributed by atoms with E-state index in [9.17, 15) is 13.2 Å². The van der Waals surface area contributed by atoms with Gasteiger partial charge in [0.05, 0.1) is 24.2 Å². The molecule has 0 aromatic heterocycles. The van der Waals surface area contributed by atoms with Gasteiger partial charge in [-0.2, -0.15) is 0 Å². The molecule has 2 aliphatic rings. The van der Waals surface area contributed by atoms with Gasteiger partial charge in [-0.05, 0) is 55.2 Å². The summed E-state index contributed by atoms with van der Waals surface area (Å²) in [5.41, 5.74) is 2.06. The zero-order valence-corrected chi connectivity index (χ0v) is 17.1. The summed E-state index contributed by atoms with van der Waals surface area (Å²) in [7, 11) is -3.88. The fourth-order valence-corrected chi connectivity index (χ4v) is 4.45. The Morgan fingerprint density at radius 3 is 2.59 bits per heavy atom. The fraction of sp³-hybridized carbons (Fsp3) is 0.381. The lowest BCUT2D eigenvalue weighted by molar-refractivity contribution is 0.0734. The van der Waals surface area contributed by atoms with Gasteiger partial charge in [0, 0.05) is 18.5 Å². The van der Waals surface area contributed by atoms with E-state index in [0.717, 1.165) is 30.6 Å². The van der Waals surface area contributed by atoms with E-state index in [1.165, 1.54) is 12.1 Å². The summed E-state index contributed by atoms with van der Waals surface area (Å²) >= 11 is 0. The van der Waals surface area contributed by atoms with Crippen molar-refractivity contribution >= 4 is 15.9 Å². The molecule has 0 spiro atoms. The highest BCUT2D eigenvalue weighted by atomic mass is 32.2. The highest BCUT2D eigenvalue weighted by molar-refractivity contribution is 7.89. The first-order chi connectivity index (χ1) is 13.8. The molecule has 2 N–H and O–H groups in total. The monoisotopic (exact) mass is 416 g/mol. The molecule has 7 nitrogen and oxygen atoms in total. The van der Waals surface area contributed by atoms with E-state index in [4.69, 9.17) is 14.6 Å². The minimum atomic E-state index is -3.88. The summed E-state index contributed by atoms with van der Waals surface area (Å²) in [6, 6.07) is 10.1. The second-order valence-electron chi connectivity index (χ2n) is 7.43. The van der Waals surface area contributed by atoms with Crippen molar-refractivity contribution < 1.29 is 22.7 Å². The van der Waals surface area contributed by atoms with E-state index in [1.54, 1.807) is 17.9 Å². The Balaban J connectivity index is 1.66. The number of benzene rings is 2. The average molecular weight is 416 g/mol. The smallest absolute Gasteiger partial charge is 0.254 e. The summed E-state index contributed by atoms with van der Waals surface area (Å²) < 4.78 is 34.9. The largest absolute Gasteiger partial charge is 0.490 e. The predicted molar refractivity (Wildman–Crippen MR) is 108 cm³/mol. The van der Waals surface area contributed by atoms with Crippen LogP contribution in [0.2, 0.25) is 0 Å². The maximum Gasteiger partial charge on any atom is 0.254 e. The van der Waals surface area contributed by atoms with Crippen molar-refractivity contribution in [1.82, 2.24) is 4.90 Å². The SMILES string of the molecule is Cc1ccc(S(N)(=O)=O)cc1C(=O)N1CCC[C@@H]1c1ccc2c(c1)OCCCO2. The molecule has 29 heavy (non-hydrogen) atoms. The number of primary sulfonamides is 1. The molecular weight excluding hydrogens is 392 g/mol. The molecule has 2 aromatic rings. The van der Waals surface area contributed by atoms with Crippen molar-refractivity contribution in [2.24, 2.45) is 5.14 Å². The molecule has 8 heteroatoms. The number of rotatable bonds is 3. The third-order valence-corrected chi connectivity index (χ3v) is 6.35. The number of ether oxygens (including phenoxy) is 2. The quantitative estimate of drug-likeness (QED) is 0.830. The van der Waals surface area contributed by atoms with Crippen molar-refractivity contribution in [1.29, 1.82) is 0 Å². The number of nitrogens with two attached hydrogens (primary N) is 1. The van der Waals surface area contributed by atoms with E-state index in [-0.39, 0.29) is 16.8 Å². The molecule has 0 bridgehead atoms. The Hall–Kier alpha value is -2.58. The van der Waals surface area contributed by atoms with Crippen molar-refractivity contribution in [3.05, 3.63) is 53.1 Å². The summed E-state index contributed by atoms with van der Waals surface area (Å²) in [6.45, 7) is 3.62. The van der Waals surface area contributed by atoms with Crippen molar-refractivity contribution in [2.75, 3.05) is 19.8 Å². The fourth-order valence-electron chi connectivity index (χ4n) is 3.91. The maximum absolute atomic E-state index is 13.3. The van der Waals surface area contributed by atoms with Gasteiger partial charge in [-0.3, -0.25) is 4.79 Å². The van der Waals surface area contributed by atoms with E-state index in [2.05, 4.69) is 0 Å². The number of hydrogen-bond acceptors (Lipinski definition) is 5. The number of carbonyl (C=O) groups excluding carboxylic acids is 1. The lowest BCUT2D eigenvalue weighted by Crippen LogP contribution is -2.31. The van der Waals surface area contributed by atoms with Crippen molar-refractivity contribution in [2.45, 2.75) is 37.1 Å². The van der Waals surface area contributed by atoms with Crippen LogP contribution in [0.5, 0.6) is 11.5 Å². The van der Waals surface area contributed by atoms with Crippen LogP contribution in [0.4, 0.5) is 0 Å². The van der Waals surface area contributed by atoms with Gasteiger partial charge in [0.2, 0.25) is 10.0 Å². The van der Waals surface area contributed by atoms with Gasteiger partial charge in [-0.1, -0.05) is 12.1 Å². The number of carbonyl (C=O) groups is 1. The van der Waals surface area contributed by atoms with Crippen LogP contribution in [-0.2, 0) is 10.0 Å². The van der Waals surface area contributed by atoms with Crippen LogP contribution in [-0.4, -0.2) is 39.0 Å². The molecular formula is C21H24N2O5S. The lowest BCUT2D eigenvalue weighted by Gasteiger charge is -2.26. The molecule has 0 radical (unpaired) electrons. The molecule has 154 valence electrons. The lowest BCUT2D eigenvalue weighted by atomic mass is 10.0. The van der Waals surface area contributed by atoms with E-state index >= 15 is 0 Å². The second-order valence-corrected chi connectivity index (χ2v) is 9.00. The standard InChI is InChI=1S/C21H24N2O5S/c1-14-5-7-16(29(22,25)26)13-17(14)21(24)23-9-2-4-18(23)15-6-8-19-20(12-15)28-11-3-10-27-19/h5-8,12-13,18H,2-4,9-11H2,1H3,(H2,22,25,26)/t18-/m1/s1. The molecule has 2 heterocycles. The maximum atomic E-state index is 13.3. The first-order valence-corrected chi connectivity index (χ1v) is 11.2. The van der Waals surface area contributed by atoms with Gasteiger partial charge in [-0.25, -0.2) is 13.6 Å². The Morgan fingerprint density at radius 2 is 1.83 bits per heavy atom. The van der Waals surface area contributed by atoms with Gasteiger partial charge in [0.25, 0.3) is 5.91 Å². The van der Waals surface area contributed by atoms with E-state index in [0.29, 0.717) is 36.6 Å². The molecule has 0 aliphatic carbocycles. The molecule has 0 saturated carbocycles. The number of amides is 1. The first kappa shape index (κ1) is 19.7. The number of aryl methyl sites for hydroxylation is 1. The van der Waals surface area contributed by atoms with Crippen molar-refractivity contribution in [3.8, 4) is 11.5 Å². The Bertz CT molecular complexity index is 1050. The number of likely N-dealkylation sites (tertiary alicyclic amines) is 1. The number of sulfonamides is 1. The minimum Gasteiger partial charge on any atom is -0.490 e. The van der Waals surface area contributed by atoms with Gasteiger partial charge < -0.3 is 14.4 Å². The topological polar surface area (TPSA) is 98.9 Å². The van der Waals surface area contributed by atoms with E-state index < -0.39 is 10.0 Å². The van der Waals surface area contributed by atoms with Crippen LogP contribution in [0, 0.1) is 6.92 Å². The Labute approximate surface area is 170 Å². The number of nitrogens with zero attached hydrogens (tertiary/aromatic N) is 1. The van der Waals surface area contributed by atoms with Crippen LogP contribution < -0.4 is 14.6 Å². The summed E-state index contributed by atoms with van der Waals surface area (Å²) in [5.74, 6) is 1.23. The predicted octanol–water partition coefficient (Wildman–Crippen LogP) is 2.78. The second kappa shape index (κ2) is 7.68. The van der Waals surface area contributed by atoms with Crippen LogP contribution >= 0.6 is 0 Å². The Kier molecular flexibility index (Phi) is 5.23. The molecule has 2 aliphatic heterocycles.